The smallest absolute Gasteiger partial charge is 0.396 e. The first kappa shape index (κ1) is 14.2. The topological polar surface area (TPSA) is 40.5 Å². The number of rotatable bonds is 3. The summed E-state index contributed by atoms with van der Waals surface area (Å²) < 4.78 is 39.5. The van der Waals surface area contributed by atoms with Crippen LogP contribution in [0, 0.1) is 0 Å². The molecule has 0 spiro atoms. The van der Waals surface area contributed by atoms with Gasteiger partial charge in [0.2, 0.25) is 0 Å². The Morgan fingerprint density at radius 1 is 0.800 bits per heavy atom. The van der Waals surface area contributed by atoms with Gasteiger partial charge >= 0.3 is 6.18 Å². The molecule has 0 aliphatic carbocycles. The van der Waals surface area contributed by atoms with Gasteiger partial charge < -0.3 is 10.2 Å². The molecular formula is C15H13F3O2. The van der Waals surface area contributed by atoms with Crippen molar-refractivity contribution >= 4 is 0 Å². The van der Waals surface area contributed by atoms with Gasteiger partial charge in [-0.15, -0.1) is 0 Å². The number of phenolic OH excluding ortho intramolecular Hbond substituents is 2. The summed E-state index contributed by atoms with van der Waals surface area (Å²) >= 11 is 0. The Morgan fingerprint density at radius 3 is 1.70 bits per heavy atom. The maximum absolute atomic E-state index is 13.2. The number of benzene rings is 2. The Bertz CT molecular complexity index is 559. The lowest BCUT2D eigenvalue weighted by Crippen LogP contribution is -2.22. The fraction of sp³-hybridized carbons (Fsp3) is 0.200. The number of hydrogen-bond donors (Lipinski definition) is 2. The highest BCUT2D eigenvalue weighted by molar-refractivity contribution is 5.32. The van der Waals surface area contributed by atoms with E-state index in [0.29, 0.717) is 5.56 Å². The molecule has 0 amide bonds. The van der Waals surface area contributed by atoms with Crippen molar-refractivity contribution in [2.24, 2.45) is 0 Å². The third-order valence-electron chi connectivity index (χ3n) is 3.07. The number of hydrogen-bond acceptors (Lipinski definition) is 2. The van der Waals surface area contributed by atoms with Gasteiger partial charge in [0, 0.05) is 0 Å². The maximum Gasteiger partial charge on any atom is 0.396 e. The maximum atomic E-state index is 13.2. The summed E-state index contributed by atoms with van der Waals surface area (Å²) in [5.41, 5.74) is 0.585. The van der Waals surface area contributed by atoms with Crippen molar-refractivity contribution in [2.75, 3.05) is 0 Å². The van der Waals surface area contributed by atoms with Crippen LogP contribution < -0.4 is 0 Å². The summed E-state index contributed by atoms with van der Waals surface area (Å²) in [6.45, 7) is 0. The van der Waals surface area contributed by atoms with E-state index in [1.54, 1.807) is 0 Å². The van der Waals surface area contributed by atoms with E-state index in [0.717, 1.165) is 0 Å². The zero-order valence-corrected chi connectivity index (χ0v) is 10.4. The number of halogens is 3. The predicted octanol–water partition coefficient (Wildman–Crippen LogP) is 3.99. The van der Waals surface area contributed by atoms with Gasteiger partial charge in [0.15, 0.2) is 0 Å². The Kier molecular flexibility index (Phi) is 3.88. The highest BCUT2D eigenvalue weighted by atomic mass is 19.4. The first-order valence-electron chi connectivity index (χ1n) is 6.00. The molecule has 106 valence electrons. The van der Waals surface area contributed by atoms with Crippen LogP contribution in [0.25, 0.3) is 0 Å². The van der Waals surface area contributed by atoms with E-state index in [9.17, 15) is 13.2 Å². The zero-order valence-electron chi connectivity index (χ0n) is 10.4. The molecule has 1 atom stereocenters. The average molecular weight is 282 g/mol. The van der Waals surface area contributed by atoms with Crippen LogP contribution in [0.15, 0.2) is 48.5 Å². The van der Waals surface area contributed by atoms with E-state index in [1.807, 2.05) is 0 Å². The average Bonchev–Trinajstić information content (AvgIpc) is 2.38. The van der Waals surface area contributed by atoms with Crippen LogP contribution in [0.3, 0.4) is 0 Å². The molecule has 2 aromatic carbocycles. The largest absolute Gasteiger partial charge is 0.508 e. The monoisotopic (exact) mass is 282 g/mol. The zero-order chi connectivity index (χ0) is 14.8. The van der Waals surface area contributed by atoms with Gasteiger partial charge in [-0.3, -0.25) is 0 Å². The van der Waals surface area contributed by atoms with Crippen LogP contribution in [-0.4, -0.2) is 16.4 Å². The molecular weight excluding hydrogens is 269 g/mol. The Morgan fingerprint density at radius 2 is 1.25 bits per heavy atom. The summed E-state index contributed by atoms with van der Waals surface area (Å²) in [5.74, 6) is -1.70. The Hall–Kier alpha value is -2.17. The van der Waals surface area contributed by atoms with Crippen molar-refractivity contribution in [1.29, 1.82) is 0 Å². The summed E-state index contributed by atoms with van der Waals surface area (Å²) in [5, 5.41) is 18.3. The van der Waals surface area contributed by atoms with Crippen molar-refractivity contribution in [1.82, 2.24) is 0 Å². The van der Waals surface area contributed by atoms with Crippen molar-refractivity contribution in [2.45, 2.75) is 18.5 Å². The van der Waals surface area contributed by atoms with Crippen LogP contribution in [0.2, 0.25) is 0 Å². The Balaban J connectivity index is 2.29. The molecule has 0 unspecified atom stereocenters. The molecule has 0 bridgehead atoms. The first-order chi connectivity index (χ1) is 9.36. The van der Waals surface area contributed by atoms with E-state index >= 15 is 0 Å². The van der Waals surface area contributed by atoms with Crippen molar-refractivity contribution in [3.05, 3.63) is 59.7 Å². The molecule has 0 radical (unpaired) electrons. The number of alkyl halides is 3. The lowest BCUT2D eigenvalue weighted by atomic mass is 9.91. The summed E-state index contributed by atoms with van der Waals surface area (Å²) in [6, 6.07) is 10.7. The highest BCUT2D eigenvalue weighted by Crippen LogP contribution is 2.38. The quantitative estimate of drug-likeness (QED) is 0.893. The molecule has 0 saturated heterocycles. The minimum absolute atomic E-state index is 0.0157. The summed E-state index contributed by atoms with van der Waals surface area (Å²) in [4.78, 5) is 0. The minimum atomic E-state index is -4.38. The van der Waals surface area contributed by atoms with E-state index in [4.69, 9.17) is 10.2 Å². The number of phenols is 2. The van der Waals surface area contributed by atoms with E-state index < -0.39 is 12.1 Å². The molecule has 2 N–H and O–H groups in total. The van der Waals surface area contributed by atoms with Gasteiger partial charge in [-0.1, -0.05) is 24.3 Å². The molecule has 0 aromatic heterocycles. The van der Waals surface area contributed by atoms with Crippen molar-refractivity contribution in [3.63, 3.8) is 0 Å². The van der Waals surface area contributed by atoms with Gasteiger partial charge in [-0.05, 0) is 41.8 Å². The molecule has 0 heterocycles. The van der Waals surface area contributed by atoms with Gasteiger partial charge in [-0.25, -0.2) is 0 Å². The summed E-state index contributed by atoms with van der Waals surface area (Å²) in [6.07, 6.45) is -4.59. The van der Waals surface area contributed by atoms with Gasteiger partial charge in [0.1, 0.15) is 11.5 Å². The lowest BCUT2D eigenvalue weighted by molar-refractivity contribution is -0.150. The molecule has 5 heteroatoms. The summed E-state index contributed by atoms with van der Waals surface area (Å²) in [7, 11) is 0. The normalized spacial score (nSPS) is 13.2. The van der Waals surface area contributed by atoms with Gasteiger partial charge in [0.05, 0.1) is 5.92 Å². The fourth-order valence-electron chi connectivity index (χ4n) is 2.00. The Labute approximate surface area is 114 Å². The van der Waals surface area contributed by atoms with Crippen molar-refractivity contribution < 1.29 is 23.4 Å². The highest BCUT2D eigenvalue weighted by Gasteiger charge is 2.40. The van der Waals surface area contributed by atoms with Gasteiger partial charge in [-0.2, -0.15) is 13.2 Å². The molecule has 2 nitrogen and oxygen atoms in total. The standard InChI is InChI=1S/C15H13F3O2/c16-15(17,18)14(11-3-7-13(20)8-4-11)9-10-1-5-12(19)6-2-10/h1-8,14,19-20H,9H2/t14-/m1/s1. The fourth-order valence-corrected chi connectivity index (χ4v) is 2.00. The molecule has 0 saturated carbocycles. The third-order valence-corrected chi connectivity index (χ3v) is 3.07. The van der Waals surface area contributed by atoms with Crippen LogP contribution in [0.5, 0.6) is 11.5 Å². The van der Waals surface area contributed by atoms with Crippen molar-refractivity contribution in [3.8, 4) is 11.5 Å². The minimum Gasteiger partial charge on any atom is -0.508 e. The van der Waals surface area contributed by atoms with Gasteiger partial charge in [0.25, 0.3) is 0 Å². The SMILES string of the molecule is Oc1ccc(C[C@H](c2ccc(O)cc2)C(F)(F)F)cc1. The molecule has 0 aliphatic rings. The molecule has 2 rings (SSSR count). The first-order valence-corrected chi connectivity index (χ1v) is 6.00. The lowest BCUT2D eigenvalue weighted by Gasteiger charge is -2.21. The molecule has 20 heavy (non-hydrogen) atoms. The molecule has 0 aliphatic heterocycles. The molecule has 0 fully saturated rings. The van der Waals surface area contributed by atoms with Crippen LogP contribution in [0.1, 0.15) is 17.0 Å². The molecule has 2 aromatic rings. The van der Waals surface area contributed by atoms with E-state index in [-0.39, 0.29) is 23.5 Å². The van der Waals surface area contributed by atoms with Crippen LogP contribution in [0.4, 0.5) is 13.2 Å². The predicted molar refractivity (Wildman–Crippen MR) is 68.7 cm³/mol. The third kappa shape index (κ3) is 3.44. The van der Waals surface area contributed by atoms with Crippen LogP contribution >= 0.6 is 0 Å². The second-order valence-electron chi connectivity index (χ2n) is 4.56. The van der Waals surface area contributed by atoms with E-state index in [1.165, 1.54) is 48.5 Å². The van der Waals surface area contributed by atoms with Crippen LogP contribution in [-0.2, 0) is 6.42 Å². The second-order valence-corrected chi connectivity index (χ2v) is 4.56. The van der Waals surface area contributed by atoms with E-state index in [2.05, 4.69) is 0 Å². The second kappa shape index (κ2) is 5.45. The number of aromatic hydroxyl groups is 2.